The molecule has 0 saturated carbocycles. The van der Waals surface area contributed by atoms with Crippen molar-refractivity contribution in [1.29, 1.82) is 0 Å². The number of nitrogens with zero attached hydrogens (tertiary/aromatic N) is 3. The highest BCUT2D eigenvalue weighted by atomic mass is 16.2. The summed E-state index contributed by atoms with van der Waals surface area (Å²) >= 11 is 0. The predicted molar refractivity (Wildman–Crippen MR) is 101 cm³/mol. The largest absolute Gasteiger partial charge is 0.365 e. The van der Waals surface area contributed by atoms with Crippen LogP contribution in [0.2, 0.25) is 0 Å². The topological polar surface area (TPSA) is 76.9 Å². The van der Waals surface area contributed by atoms with Crippen molar-refractivity contribution in [1.82, 2.24) is 14.8 Å². The lowest BCUT2D eigenvalue weighted by Crippen LogP contribution is -2.34. The fraction of sp³-hybridized carbons (Fsp3) is 0.200. The molecule has 1 amide bonds. The van der Waals surface area contributed by atoms with Crippen LogP contribution in [0.3, 0.4) is 0 Å². The van der Waals surface area contributed by atoms with Crippen molar-refractivity contribution in [3.05, 3.63) is 76.3 Å². The van der Waals surface area contributed by atoms with Gasteiger partial charge in [-0.3, -0.25) is 4.79 Å². The van der Waals surface area contributed by atoms with Gasteiger partial charge in [-0.25, -0.2) is 9.48 Å². The molecule has 0 aliphatic carbocycles. The fourth-order valence-corrected chi connectivity index (χ4v) is 2.77. The predicted octanol–water partition coefficient (Wildman–Crippen LogP) is 3.12. The van der Waals surface area contributed by atoms with Gasteiger partial charge in [-0.05, 0) is 44.0 Å². The van der Waals surface area contributed by atoms with Crippen molar-refractivity contribution in [3.8, 4) is 11.3 Å². The van der Waals surface area contributed by atoms with Gasteiger partial charge in [0.15, 0.2) is 0 Å². The molecule has 0 bridgehead atoms. The molecule has 1 aromatic heterocycles. The molecule has 0 fully saturated rings. The number of aromatic nitrogens is 3. The van der Waals surface area contributed by atoms with Gasteiger partial charge in [0.1, 0.15) is 6.04 Å². The molecule has 1 heterocycles. The number of hydrogen-bond donors (Lipinski definition) is 1. The molecule has 0 aliphatic rings. The molecule has 6 nitrogen and oxygen atoms in total. The van der Waals surface area contributed by atoms with Crippen LogP contribution in [0.25, 0.3) is 11.3 Å². The Balaban J connectivity index is 1.82. The molecule has 2 aromatic carbocycles. The van der Waals surface area contributed by atoms with Gasteiger partial charge in [0.25, 0.3) is 0 Å². The molecule has 26 heavy (non-hydrogen) atoms. The summed E-state index contributed by atoms with van der Waals surface area (Å²) in [5.74, 6) is -0.320. The zero-order valence-corrected chi connectivity index (χ0v) is 14.9. The summed E-state index contributed by atoms with van der Waals surface area (Å²) in [5, 5.41) is 6.96. The summed E-state index contributed by atoms with van der Waals surface area (Å²) in [6.45, 7) is 5.55. The third-order valence-electron chi connectivity index (χ3n) is 4.02. The van der Waals surface area contributed by atoms with Gasteiger partial charge in [-0.15, -0.1) is 0 Å². The summed E-state index contributed by atoms with van der Waals surface area (Å²) in [4.78, 5) is 28.9. The number of anilines is 1. The minimum absolute atomic E-state index is 0.320. The molecule has 1 atom stereocenters. The van der Waals surface area contributed by atoms with Crippen molar-refractivity contribution >= 4 is 11.6 Å². The number of hydrogen-bond acceptors (Lipinski definition) is 4. The molecule has 0 unspecified atom stereocenters. The van der Waals surface area contributed by atoms with Gasteiger partial charge >= 0.3 is 5.69 Å². The average Bonchev–Trinajstić information content (AvgIpc) is 2.61. The second-order valence-electron chi connectivity index (χ2n) is 6.28. The minimum atomic E-state index is -0.777. The molecule has 132 valence electrons. The fourth-order valence-electron chi connectivity index (χ4n) is 2.77. The molecular weight excluding hydrogens is 328 g/mol. The molecule has 0 aliphatic heterocycles. The quantitative estimate of drug-likeness (QED) is 0.786. The van der Waals surface area contributed by atoms with Crippen molar-refractivity contribution in [2.24, 2.45) is 0 Å². The van der Waals surface area contributed by atoms with Crippen LogP contribution >= 0.6 is 0 Å². The van der Waals surface area contributed by atoms with Gasteiger partial charge in [-0.2, -0.15) is 10.1 Å². The number of carbonyl (C=O) groups is 1. The number of carbonyl (C=O) groups excluding carboxylic acids is 1. The van der Waals surface area contributed by atoms with Crippen molar-refractivity contribution in [3.63, 3.8) is 0 Å². The van der Waals surface area contributed by atoms with E-state index in [1.54, 1.807) is 6.92 Å². The second-order valence-corrected chi connectivity index (χ2v) is 6.28. The zero-order valence-electron chi connectivity index (χ0n) is 14.9. The minimum Gasteiger partial charge on any atom is -0.324 e. The van der Waals surface area contributed by atoms with Gasteiger partial charge in [0.2, 0.25) is 5.91 Å². The lowest BCUT2D eigenvalue weighted by Gasteiger charge is -2.14. The third kappa shape index (κ3) is 3.85. The highest BCUT2D eigenvalue weighted by Crippen LogP contribution is 2.16. The highest BCUT2D eigenvalue weighted by Gasteiger charge is 2.18. The SMILES string of the molecule is Cc1cc(C)cc(NC(=O)[C@@H](C)n2ncc(-c3ccccc3)nc2=O)c1. The molecule has 3 aromatic rings. The van der Waals surface area contributed by atoms with Crippen molar-refractivity contribution in [2.75, 3.05) is 5.32 Å². The smallest absolute Gasteiger partial charge is 0.324 e. The van der Waals surface area contributed by atoms with Gasteiger partial charge in [0.05, 0.1) is 11.9 Å². The molecule has 6 heteroatoms. The zero-order chi connectivity index (χ0) is 18.7. The van der Waals surface area contributed by atoms with Crippen LogP contribution in [0.15, 0.2) is 59.5 Å². The van der Waals surface area contributed by atoms with E-state index in [0.29, 0.717) is 11.4 Å². The van der Waals surface area contributed by atoms with E-state index in [2.05, 4.69) is 15.4 Å². The van der Waals surface area contributed by atoms with E-state index >= 15 is 0 Å². The van der Waals surface area contributed by atoms with E-state index in [9.17, 15) is 9.59 Å². The lowest BCUT2D eigenvalue weighted by molar-refractivity contribution is -0.119. The first kappa shape index (κ1) is 17.5. The Bertz CT molecular complexity index is 976. The summed E-state index contributed by atoms with van der Waals surface area (Å²) < 4.78 is 1.09. The van der Waals surface area contributed by atoms with Crippen LogP contribution in [-0.2, 0) is 4.79 Å². The van der Waals surface area contributed by atoms with Crippen LogP contribution in [-0.4, -0.2) is 20.7 Å². The highest BCUT2D eigenvalue weighted by molar-refractivity contribution is 5.93. The standard InChI is InChI=1S/C20H20N4O2/c1-13-9-14(2)11-17(10-13)22-19(25)15(3)24-20(26)23-18(12-21-24)16-7-5-4-6-8-16/h4-12,15H,1-3H3,(H,22,25)/t15-/m1/s1. The number of rotatable bonds is 4. The van der Waals surface area contributed by atoms with E-state index in [0.717, 1.165) is 21.4 Å². The Kier molecular flexibility index (Phi) is 4.93. The maximum absolute atomic E-state index is 12.5. The average molecular weight is 348 g/mol. The maximum atomic E-state index is 12.5. The number of nitrogens with one attached hydrogen (secondary N) is 1. The first-order chi connectivity index (χ1) is 12.4. The first-order valence-corrected chi connectivity index (χ1v) is 8.34. The van der Waals surface area contributed by atoms with Gasteiger partial charge < -0.3 is 5.32 Å². The summed E-state index contributed by atoms with van der Waals surface area (Å²) in [7, 11) is 0. The number of aryl methyl sites for hydroxylation is 2. The van der Waals surface area contributed by atoms with E-state index in [4.69, 9.17) is 0 Å². The molecule has 0 radical (unpaired) electrons. The third-order valence-corrected chi connectivity index (χ3v) is 4.02. The summed E-state index contributed by atoms with van der Waals surface area (Å²) in [5.41, 5.74) is 3.52. The second kappa shape index (κ2) is 7.31. The Labute approximate surface area is 151 Å². The molecule has 0 saturated heterocycles. The number of benzene rings is 2. The van der Waals surface area contributed by atoms with Crippen LogP contribution in [0.1, 0.15) is 24.1 Å². The Morgan fingerprint density at radius 3 is 2.35 bits per heavy atom. The van der Waals surface area contributed by atoms with Crippen LogP contribution in [0.4, 0.5) is 5.69 Å². The summed E-state index contributed by atoms with van der Waals surface area (Å²) in [6, 6.07) is 14.3. The number of amides is 1. The Morgan fingerprint density at radius 2 is 1.73 bits per heavy atom. The van der Waals surface area contributed by atoms with E-state index in [1.165, 1.54) is 6.20 Å². The van der Waals surface area contributed by atoms with Crippen molar-refractivity contribution in [2.45, 2.75) is 26.8 Å². The molecule has 3 rings (SSSR count). The van der Waals surface area contributed by atoms with E-state index < -0.39 is 11.7 Å². The van der Waals surface area contributed by atoms with Gasteiger partial charge in [-0.1, -0.05) is 36.4 Å². The van der Waals surface area contributed by atoms with Crippen molar-refractivity contribution < 1.29 is 4.79 Å². The molecule has 1 N–H and O–H groups in total. The summed E-state index contributed by atoms with van der Waals surface area (Å²) in [6.07, 6.45) is 1.50. The van der Waals surface area contributed by atoms with Crippen LogP contribution < -0.4 is 11.0 Å². The molecular formula is C20H20N4O2. The monoisotopic (exact) mass is 348 g/mol. The van der Waals surface area contributed by atoms with Crippen LogP contribution in [0, 0.1) is 13.8 Å². The first-order valence-electron chi connectivity index (χ1n) is 8.34. The van der Waals surface area contributed by atoms with E-state index in [-0.39, 0.29) is 5.91 Å². The van der Waals surface area contributed by atoms with E-state index in [1.807, 2.05) is 62.4 Å². The normalized spacial score (nSPS) is 11.8. The Morgan fingerprint density at radius 1 is 1.08 bits per heavy atom. The lowest BCUT2D eigenvalue weighted by atomic mass is 10.1. The Hall–Kier alpha value is -3.28. The maximum Gasteiger partial charge on any atom is 0.365 e. The molecule has 0 spiro atoms. The van der Waals surface area contributed by atoms with Crippen LogP contribution in [0.5, 0.6) is 0 Å². The van der Waals surface area contributed by atoms with Gasteiger partial charge in [0, 0.05) is 11.3 Å².